The number of piperidine rings is 1. The van der Waals surface area contributed by atoms with Crippen LogP contribution >= 0.6 is 0 Å². The molecular formula is C15H32N2O. The Morgan fingerprint density at radius 1 is 1.33 bits per heavy atom. The summed E-state index contributed by atoms with van der Waals surface area (Å²) >= 11 is 0. The fourth-order valence-corrected chi connectivity index (χ4v) is 2.82. The molecule has 0 aliphatic carbocycles. The predicted molar refractivity (Wildman–Crippen MR) is 78.1 cm³/mol. The van der Waals surface area contributed by atoms with E-state index in [-0.39, 0.29) is 0 Å². The van der Waals surface area contributed by atoms with Gasteiger partial charge in [0.1, 0.15) is 0 Å². The summed E-state index contributed by atoms with van der Waals surface area (Å²) in [5.41, 5.74) is 0. The van der Waals surface area contributed by atoms with E-state index in [1.807, 2.05) is 0 Å². The van der Waals surface area contributed by atoms with E-state index in [4.69, 9.17) is 4.74 Å². The molecule has 0 spiro atoms. The maximum atomic E-state index is 5.74. The molecule has 0 aromatic carbocycles. The summed E-state index contributed by atoms with van der Waals surface area (Å²) in [6.45, 7) is 12.2. The van der Waals surface area contributed by atoms with Crippen LogP contribution in [0.4, 0.5) is 0 Å². The summed E-state index contributed by atoms with van der Waals surface area (Å²) in [5.74, 6) is 0. The lowest BCUT2D eigenvalue weighted by Gasteiger charge is -2.32. The molecule has 18 heavy (non-hydrogen) atoms. The van der Waals surface area contributed by atoms with Crippen LogP contribution in [0.2, 0.25) is 0 Å². The van der Waals surface area contributed by atoms with Crippen LogP contribution in [0.1, 0.15) is 52.9 Å². The summed E-state index contributed by atoms with van der Waals surface area (Å²) in [4.78, 5) is 2.59. The van der Waals surface area contributed by atoms with Crippen molar-refractivity contribution in [1.82, 2.24) is 10.2 Å². The number of ether oxygens (including phenoxy) is 1. The van der Waals surface area contributed by atoms with Gasteiger partial charge in [0.2, 0.25) is 0 Å². The quantitative estimate of drug-likeness (QED) is 0.642. The highest BCUT2D eigenvalue weighted by atomic mass is 16.5. The Morgan fingerprint density at radius 2 is 2.17 bits per heavy atom. The van der Waals surface area contributed by atoms with Gasteiger partial charge in [-0.3, -0.25) is 0 Å². The number of nitrogens with one attached hydrogen (secondary N) is 1. The van der Waals surface area contributed by atoms with Gasteiger partial charge in [-0.15, -0.1) is 0 Å². The predicted octanol–water partition coefficient (Wildman–Crippen LogP) is 2.66. The standard InChI is InChI=1S/C15H32N2O/c1-4-16-14(3)9-6-7-11-17-12-8-10-15(13-17)18-5-2/h14-16H,4-13H2,1-3H3. The fourth-order valence-electron chi connectivity index (χ4n) is 2.82. The summed E-state index contributed by atoms with van der Waals surface area (Å²) in [5, 5.41) is 3.47. The molecule has 0 bridgehead atoms. The molecule has 108 valence electrons. The zero-order valence-electron chi connectivity index (χ0n) is 12.6. The van der Waals surface area contributed by atoms with Crippen molar-refractivity contribution in [3.05, 3.63) is 0 Å². The third kappa shape index (κ3) is 6.72. The van der Waals surface area contributed by atoms with Crippen molar-refractivity contribution in [3.63, 3.8) is 0 Å². The zero-order valence-corrected chi connectivity index (χ0v) is 12.6. The van der Waals surface area contributed by atoms with Crippen molar-refractivity contribution >= 4 is 0 Å². The van der Waals surface area contributed by atoms with E-state index in [0.29, 0.717) is 12.1 Å². The largest absolute Gasteiger partial charge is 0.377 e. The van der Waals surface area contributed by atoms with Gasteiger partial charge in [0.05, 0.1) is 6.10 Å². The molecule has 1 heterocycles. The Labute approximate surface area is 113 Å². The van der Waals surface area contributed by atoms with Crippen molar-refractivity contribution in [2.24, 2.45) is 0 Å². The monoisotopic (exact) mass is 256 g/mol. The molecule has 1 N–H and O–H groups in total. The van der Waals surface area contributed by atoms with Crippen molar-refractivity contribution in [1.29, 1.82) is 0 Å². The van der Waals surface area contributed by atoms with E-state index in [1.165, 1.54) is 45.2 Å². The van der Waals surface area contributed by atoms with Crippen LogP contribution in [0.25, 0.3) is 0 Å². The summed E-state index contributed by atoms with van der Waals surface area (Å²) in [6, 6.07) is 0.674. The lowest BCUT2D eigenvalue weighted by atomic mass is 10.1. The van der Waals surface area contributed by atoms with E-state index in [2.05, 4.69) is 31.0 Å². The number of likely N-dealkylation sites (tertiary alicyclic amines) is 1. The van der Waals surface area contributed by atoms with Crippen LogP contribution in [-0.4, -0.2) is 49.8 Å². The van der Waals surface area contributed by atoms with Crippen LogP contribution in [0.3, 0.4) is 0 Å². The van der Waals surface area contributed by atoms with Gasteiger partial charge in [-0.05, 0) is 59.2 Å². The molecule has 0 saturated carbocycles. The third-order valence-electron chi connectivity index (χ3n) is 3.78. The van der Waals surface area contributed by atoms with Crippen molar-refractivity contribution in [2.75, 3.05) is 32.8 Å². The maximum absolute atomic E-state index is 5.74. The second-order valence-corrected chi connectivity index (χ2v) is 5.47. The summed E-state index contributed by atoms with van der Waals surface area (Å²) in [6.07, 6.45) is 7.01. The first-order valence-electron chi connectivity index (χ1n) is 7.83. The molecule has 0 radical (unpaired) electrons. The fraction of sp³-hybridized carbons (Fsp3) is 1.00. The van der Waals surface area contributed by atoms with Crippen molar-refractivity contribution < 1.29 is 4.74 Å². The Bertz CT molecular complexity index is 197. The molecule has 1 rings (SSSR count). The lowest BCUT2D eigenvalue weighted by molar-refractivity contribution is 0.00555. The minimum Gasteiger partial charge on any atom is -0.377 e. The number of hydrogen-bond acceptors (Lipinski definition) is 3. The number of unbranched alkanes of at least 4 members (excludes halogenated alkanes) is 1. The summed E-state index contributed by atoms with van der Waals surface area (Å²) < 4.78 is 5.74. The van der Waals surface area contributed by atoms with Crippen LogP contribution in [-0.2, 0) is 4.74 Å². The van der Waals surface area contributed by atoms with Gasteiger partial charge in [0.25, 0.3) is 0 Å². The SMILES string of the molecule is CCNC(C)CCCCN1CCCC(OCC)C1. The highest BCUT2D eigenvalue weighted by Gasteiger charge is 2.19. The second-order valence-electron chi connectivity index (χ2n) is 5.47. The minimum absolute atomic E-state index is 0.490. The van der Waals surface area contributed by atoms with E-state index in [1.54, 1.807) is 0 Å². The Balaban J connectivity index is 2.04. The molecule has 0 aromatic rings. The first-order valence-corrected chi connectivity index (χ1v) is 7.83. The topological polar surface area (TPSA) is 24.5 Å². The molecule has 1 aliphatic rings. The van der Waals surface area contributed by atoms with E-state index in [0.717, 1.165) is 19.7 Å². The second kappa shape index (κ2) is 9.76. The highest BCUT2D eigenvalue weighted by molar-refractivity contribution is 4.73. The highest BCUT2D eigenvalue weighted by Crippen LogP contribution is 2.14. The van der Waals surface area contributed by atoms with Gasteiger partial charge >= 0.3 is 0 Å². The normalized spacial score (nSPS) is 23.2. The lowest BCUT2D eigenvalue weighted by Crippen LogP contribution is -2.40. The van der Waals surface area contributed by atoms with Gasteiger partial charge in [-0.2, -0.15) is 0 Å². The molecule has 0 amide bonds. The molecule has 1 saturated heterocycles. The molecule has 2 unspecified atom stereocenters. The average Bonchev–Trinajstić information content (AvgIpc) is 2.36. The van der Waals surface area contributed by atoms with Crippen molar-refractivity contribution in [2.45, 2.75) is 65.0 Å². The van der Waals surface area contributed by atoms with Crippen LogP contribution in [0.15, 0.2) is 0 Å². The number of hydrogen-bond donors (Lipinski definition) is 1. The Hall–Kier alpha value is -0.120. The van der Waals surface area contributed by atoms with Gasteiger partial charge in [-0.1, -0.05) is 13.3 Å². The van der Waals surface area contributed by atoms with Crippen LogP contribution in [0.5, 0.6) is 0 Å². The molecule has 3 nitrogen and oxygen atoms in total. The number of rotatable bonds is 9. The van der Waals surface area contributed by atoms with E-state index < -0.39 is 0 Å². The van der Waals surface area contributed by atoms with Crippen LogP contribution in [0, 0.1) is 0 Å². The smallest absolute Gasteiger partial charge is 0.0702 e. The Kier molecular flexibility index (Phi) is 8.64. The molecule has 1 fully saturated rings. The van der Waals surface area contributed by atoms with E-state index in [9.17, 15) is 0 Å². The van der Waals surface area contributed by atoms with Gasteiger partial charge in [0, 0.05) is 19.2 Å². The first kappa shape index (κ1) is 15.9. The summed E-state index contributed by atoms with van der Waals surface area (Å²) in [7, 11) is 0. The molecular weight excluding hydrogens is 224 g/mol. The average molecular weight is 256 g/mol. The molecule has 3 heteroatoms. The third-order valence-corrected chi connectivity index (χ3v) is 3.78. The zero-order chi connectivity index (χ0) is 13.2. The number of nitrogens with zero attached hydrogens (tertiary/aromatic N) is 1. The molecule has 2 atom stereocenters. The van der Waals surface area contributed by atoms with Gasteiger partial charge in [-0.25, -0.2) is 0 Å². The van der Waals surface area contributed by atoms with Gasteiger partial charge < -0.3 is 15.0 Å². The minimum atomic E-state index is 0.490. The molecule has 0 aromatic heterocycles. The van der Waals surface area contributed by atoms with Gasteiger partial charge in [0.15, 0.2) is 0 Å². The maximum Gasteiger partial charge on any atom is 0.0702 e. The van der Waals surface area contributed by atoms with Crippen molar-refractivity contribution in [3.8, 4) is 0 Å². The van der Waals surface area contributed by atoms with Crippen LogP contribution < -0.4 is 5.32 Å². The van der Waals surface area contributed by atoms with E-state index >= 15 is 0 Å². The Morgan fingerprint density at radius 3 is 2.89 bits per heavy atom. The molecule has 1 aliphatic heterocycles. The first-order chi connectivity index (χ1) is 8.76.